The smallest absolute Gasteiger partial charge is 0.314 e. The first-order valence-corrected chi connectivity index (χ1v) is 9.64. The van der Waals surface area contributed by atoms with Gasteiger partial charge in [0.05, 0.1) is 18.6 Å². The highest BCUT2D eigenvalue weighted by Crippen LogP contribution is 2.48. The Bertz CT molecular complexity index is 602. The van der Waals surface area contributed by atoms with Crippen LogP contribution >= 0.6 is 15.9 Å². The summed E-state index contributed by atoms with van der Waals surface area (Å²) >= 11 is 3.51. The van der Waals surface area contributed by atoms with Crippen molar-refractivity contribution < 1.29 is 19.4 Å². The van der Waals surface area contributed by atoms with E-state index in [9.17, 15) is 9.90 Å². The van der Waals surface area contributed by atoms with Crippen LogP contribution in [0.25, 0.3) is 0 Å². The predicted molar refractivity (Wildman–Crippen MR) is 96.0 cm³/mol. The summed E-state index contributed by atoms with van der Waals surface area (Å²) in [5.74, 6) is 0.507. The Morgan fingerprint density at radius 1 is 1.17 bits per heavy atom. The lowest BCUT2D eigenvalue weighted by molar-refractivity contribution is -0.145. The summed E-state index contributed by atoms with van der Waals surface area (Å²) in [7, 11) is 1.61. The zero-order valence-corrected chi connectivity index (χ0v) is 15.7. The van der Waals surface area contributed by atoms with Crippen LogP contribution in [0.1, 0.15) is 63.4 Å². The number of methoxy groups -OCH3 is 1. The molecule has 0 unspecified atom stereocenters. The summed E-state index contributed by atoms with van der Waals surface area (Å²) in [5.41, 5.74) is -0.101. The van der Waals surface area contributed by atoms with Crippen LogP contribution in [0.3, 0.4) is 0 Å². The molecule has 2 aliphatic rings. The summed E-state index contributed by atoms with van der Waals surface area (Å²) in [4.78, 5) is 12.3. The van der Waals surface area contributed by atoms with Gasteiger partial charge in [-0.3, -0.25) is 4.79 Å². The number of rotatable bonds is 5. The van der Waals surface area contributed by atoms with Crippen molar-refractivity contribution in [2.45, 2.75) is 69.3 Å². The second kappa shape index (κ2) is 7.34. The average Bonchev–Trinajstić information content (AvgIpc) is 3.09. The summed E-state index contributed by atoms with van der Waals surface area (Å²) in [6.45, 7) is 0. The first kappa shape index (κ1) is 17.6. The van der Waals surface area contributed by atoms with E-state index >= 15 is 0 Å². The summed E-state index contributed by atoms with van der Waals surface area (Å²) in [6.07, 6.45) is 8.83. The number of ether oxygens (including phenoxy) is 2. The second-order valence-electron chi connectivity index (χ2n) is 6.96. The maximum atomic E-state index is 12.3. The highest BCUT2D eigenvalue weighted by molar-refractivity contribution is 9.10. The molecule has 0 amide bonds. The van der Waals surface area contributed by atoms with Crippen molar-refractivity contribution in [3.8, 4) is 11.5 Å². The lowest BCUT2D eigenvalue weighted by Gasteiger charge is -2.35. The minimum absolute atomic E-state index is 0.160. The molecule has 0 bridgehead atoms. The maximum Gasteiger partial charge on any atom is 0.314 e. The summed E-state index contributed by atoms with van der Waals surface area (Å²) in [5, 5.41) is 10.1. The Morgan fingerprint density at radius 2 is 1.83 bits per heavy atom. The van der Waals surface area contributed by atoms with Gasteiger partial charge < -0.3 is 14.6 Å². The highest BCUT2D eigenvalue weighted by Gasteiger charge is 2.44. The van der Waals surface area contributed by atoms with Gasteiger partial charge in [-0.2, -0.15) is 0 Å². The molecule has 2 saturated carbocycles. The maximum absolute atomic E-state index is 12.3. The minimum atomic E-state index is -0.872. The largest absolute Gasteiger partial charge is 0.493 e. The number of hydrogen-bond acceptors (Lipinski definition) is 3. The number of hydrogen-bond donors (Lipinski definition) is 1. The lowest BCUT2D eigenvalue weighted by Crippen LogP contribution is -2.38. The third-order valence-electron chi connectivity index (χ3n) is 5.46. The van der Waals surface area contributed by atoms with E-state index in [2.05, 4.69) is 15.9 Å². The molecule has 5 heteroatoms. The number of benzene rings is 1. The molecule has 0 aromatic heterocycles. The number of carboxylic acid groups (broad SMARTS) is 1. The molecule has 24 heavy (non-hydrogen) atoms. The molecule has 1 N–H and O–H groups in total. The fraction of sp³-hybridized carbons (Fsp3) is 0.632. The molecule has 1 aromatic rings. The van der Waals surface area contributed by atoms with Crippen molar-refractivity contribution >= 4 is 21.9 Å². The quantitative estimate of drug-likeness (QED) is 0.754. The van der Waals surface area contributed by atoms with Gasteiger partial charge in [0.1, 0.15) is 0 Å². The standard InChI is InChI=1S/C19H25BrO4/c1-23-16-12-13(20)11-15(17(16)24-14-7-3-4-8-14)19(18(21)22)9-5-2-6-10-19/h11-12,14H,2-10H2,1H3,(H,21,22). The van der Waals surface area contributed by atoms with Crippen LogP contribution in [0.5, 0.6) is 11.5 Å². The van der Waals surface area contributed by atoms with Gasteiger partial charge in [-0.1, -0.05) is 35.2 Å². The third-order valence-corrected chi connectivity index (χ3v) is 5.92. The molecule has 0 aliphatic heterocycles. The Hall–Kier alpha value is -1.23. The fourth-order valence-electron chi connectivity index (χ4n) is 4.12. The molecular weight excluding hydrogens is 372 g/mol. The Labute approximate surface area is 151 Å². The zero-order valence-electron chi connectivity index (χ0n) is 14.1. The SMILES string of the molecule is COc1cc(Br)cc(C2(C(=O)O)CCCCC2)c1OC1CCCC1. The van der Waals surface area contributed by atoms with Crippen LogP contribution in [0.15, 0.2) is 16.6 Å². The first-order chi connectivity index (χ1) is 11.6. The molecule has 2 aliphatic carbocycles. The van der Waals surface area contributed by atoms with E-state index in [0.29, 0.717) is 24.3 Å². The van der Waals surface area contributed by atoms with E-state index in [-0.39, 0.29) is 6.10 Å². The lowest BCUT2D eigenvalue weighted by atomic mass is 9.69. The molecule has 2 fully saturated rings. The number of halogens is 1. The van der Waals surface area contributed by atoms with Crippen molar-refractivity contribution in [2.75, 3.05) is 7.11 Å². The van der Waals surface area contributed by atoms with Crippen LogP contribution in [-0.4, -0.2) is 24.3 Å². The molecular formula is C19H25BrO4. The van der Waals surface area contributed by atoms with Crippen LogP contribution in [0.2, 0.25) is 0 Å². The van der Waals surface area contributed by atoms with Crippen molar-refractivity contribution in [3.63, 3.8) is 0 Å². The third kappa shape index (κ3) is 3.28. The van der Waals surface area contributed by atoms with Crippen molar-refractivity contribution in [1.82, 2.24) is 0 Å². The molecule has 0 heterocycles. The predicted octanol–water partition coefficient (Wildman–Crippen LogP) is 5.07. The van der Waals surface area contributed by atoms with Crippen LogP contribution in [0, 0.1) is 0 Å². The molecule has 0 spiro atoms. The minimum Gasteiger partial charge on any atom is -0.493 e. The average molecular weight is 397 g/mol. The second-order valence-corrected chi connectivity index (χ2v) is 7.87. The molecule has 0 atom stereocenters. The van der Waals surface area contributed by atoms with Gasteiger partial charge >= 0.3 is 5.97 Å². The van der Waals surface area contributed by atoms with E-state index in [0.717, 1.165) is 42.1 Å². The van der Waals surface area contributed by atoms with Gasteiger partial charge in [0.2, 0.25) is 0 Å². The monoisotopic (exact) mass is 396 g/mol. The van der Waals surface area contributed by atoms with Gasteiger partial charge in [0.15, 0.2) is 11.5 Å². The van der Waals surface area contributed by atoms with Crippen LogP contribution < -0.4 is 9.47 Å². The van der Waals surface area contributed by atoms with Gasteiger partial charge in [0, 0.05) is 10.0 Å². The zero-order chi connectivity index (χ0) is 17.2. The van der Waals surface area contributed by atoms with Crippen LogP contribution in [-0.2, 0) is 10.2 Å². The van der Waals surface area contributed by atoms with Crippen LogP contribution in [0.4, 0.5) is 0 Å². The van der Waals surface area contributed by atoms with Gasteiger partial charge in [0.25, 0.3) is 0 Å². The number of carbonyl (C=O) groups is 1. The molecule has 0 radical (unpaired) electrons. The molecule has 4 nitrogen and oxygen atoms in total. The van der Waals surface area contributed by atoms with Crippen molar-refractivity contribution in [3.05, 3.63) is 22.2 Å². The first-order valence-electron chi connectivity index (χ1n) is 8.85. The topological polar surface area (TPSA) is 55.8 Å². The Morgan fingerprint density at radius 3 is 2.42 bits per heavy atom. The number of carboxylic acids is 1. The number of aliphatic carboxylic acids is 1. The molecule has 3 rings (SSSR count). The van der Waals surface area contributed by atoms with Gasteiger partial charge in [-0.15, -0.1) is 0 Å². The van der Waals surface area contributed by atoms with Crippen molar-refractivity contribution in [2.24, 2.45) is 0 Å². The summed E-state index contributed by atoms with van der Waals surface area (Å²) in [6, 6.07) is 3.79. The fourth-order valence-corrected chi connectivity index (χ4v) is 4.56. The van der Waals surface area contributed by atoms with E-state index in [1.807, 2.05) is 12.1 Å². The molecule has 1 aromatic carbocycles. The molecule has 0 saturated heterocycles. The van der Waals surface area contributed by atoms with Gasteiger partial charge in [-0.05, 0) is 50.7 Å². The van der Waals surface area contributed by atoms with Gasteiger partial charge in [-0.25, -0.2) is 0 Å². The Kier molecular flexibility index (Phi) is 5.38. The summed E-state index contributed by atoms with van der Waals surface area (Å²) < 4.78 is 12.7. The molecule has 132 valence electrons. The van der Waals surface area contributed by atoms with E-state index in [1.54, 1.807) is 7.11 Å². The normalized spacial score (nSPS) is 20.8. The highest BCUT2D eigenvalue weighted by atomic mass is 79.9. The van der Waals surface area contributed by atoms with Crippen molar-refractivity contribution in [1.29, 1.82) is 0 Å². The van der Waals surface area contributed by atoms with E-state index in [4.69, 9.17) is 9.47 Å². The Balaban J connectivity index is 2.09. The van der Waals surface area contributed by atoms with E-state index < -0.39 is 11.4 Å². The van der Waals surface area contributed by atoms with E-state index in [1.165, 1.54) is 12.8 Å².